The molecule has 0 saturated heterocycles. The molecule has 5 nitrogen and oxygen atoms in total. The summed E-state index contributed by atoms with van der Waals surface area (Å²) in [5.41, 5.74) is 2.60. The van der Waals surface area contributed by atoms with E-state index in [1.54, 1.807) is 29.4 Å². The largest absolute Gasteiger partial charge is 0.462 e. The Labute approximate surface area is 160 Å². The van der Waals surface area contributed by atoms with Gasteiger partial charge in [0, 0.05) is 6.04 Å². The number of carbonyl (C=O) groups is 1. The molecule has 2 aliphatic rings. The van der Waals surface area contributed by atoms with Gasteiger partial charge in [0.2, 0.25) is 10.0 Å². The van der Waals surface area contributed by atoms with Crippen LogP contribution in [0.4, 0.5) is 0 Å². The van der Waals surface area contributed by atoms with Gasteiger partial charge >= 0.3 is 5.97 Å². The molecule has 142 valence electrons. The normalized spacial score (nSPS) is 19.1. The van der Waals surface area contributed by atoms with E-state index in [4.69, 9.17) is 4.74 Å². The molecule has 2 aromatic rings. The van der Waals surface area contributed by atoms with Crippen LogP contribution in [0, 0.1) is 0 Å². The maximum absolute atomic E-state index is 13.5. The summed E-state index contributed by atoms with van der Waals surface area (Å²) in [6.45, 7) is 1.98. The lowest BCUT2D eigenvalue weighted by molar-refractivity contribution is 0.0526. The van der Waals surface area contributed by atoms with E-state index in [1.165, 1.54) is 11.6 Å². The van der Waals surface area contributed by atoms with Crippen molar-refractivity contribution in [3.63, 3.8) is 0 Å². The number of fused-ring (bicyclic) bond motifs is 1. The van der Waals surface area contributed by atoms with Gasteiger partial charge in [-0.25, -0.2) is 13.2 Å². The van der Waals surface area contributed by atoms with E-state index in [-0.39, 0.29) is 29.1 Å². The number of aryl methyl sites for hydroxylation is 1. The van der Waals surface area contributed by atoms with Crippen LogP contribution in [0.15, 0.2) is 53.4 Å². The minimum atomic E-state index is -3.71. The Kier molecular flexibility index (Phi) is 4.78. The van der Waals surface area contributed by atoms with E-state index in [1.807, 2.05) is 18.2 Å². The first kappa shape index (κ1) is 18.2. The van der Waals surface area contributed by atoms with Gasteiger partial charge in [0.05, 0.1) is 23.1 Å². The first-order chi connectivity index (χ1) is 13.0. The van der Waals surface area contributed by atoms with Crippen molar-refractivity contribution in [2.24, 2.45) is 0 Å². The van der Waals surface area contributed by atoms with Crippen molar-refractivity contribution < 1.29 is 17.9 Å². The number of hydrogen-bond donors (Lipinski definition) is 0. The second kappa shape index (κ2) is 7.09. The molecule has 4 rings (SSSR count). The van der Waals surface area contributed by atoms with E-state index in [0.29, 0.717) is 0 Å². The number of hydrogen-bond acceptors (Lipinski definition) is 4. The molecule has 1 unspecified atom stereocenters. The monoisotopic (exact) mass is 385 g/mol. The van der Waals surface area contributed by atoms with Crippen molar-refractivity contribution in [2.75, 3.05) is 6.61 Å². The lowest BCUT2D eigenvalue weighted by Crippen LogP contribution is -2.36. The number of esters is 1. The summed E-state index contributed by atoms with van der Waals surface area (Å²) >= 11 is 0. The van der Waals surface area contributed by atoms with Crippen LogP contribution in [0.5, 0.6) is 0 Å². The van der Waals surface area contributed by atoms with Gasteiger partial charge in [-0.05, 0) is 61.9 Å². The van der Waals surface area contributed by atoms with Gasteiger partial charge < -0.3 is 4.74 Å². The van der Waals surface area contributed by atoms with Crippen molar-refractivity contribution in [1.82, 2.24) is 4.31 Å². The highest BCUT2D eigenvalue weighted by Crippen LogP contribution is 2.44. The third kappa shape index (κ3) is 3.39. The SMILES string of the molecule is CCOC(=O)c1cccc(S(=O)(=O)N(C2CC2)C2CCc3ccccc32)c1. The quantitative estimate of drug-likeness (QED) is 0.711. The Morgan fingerprint density at radius 1 is 1.11 bits per heavy atom. The van der Waals surface area contributed by atoms with Crippen LogP contribution < -0.4 is 0 Å². The zero-order chi connectivity index (χ0) is 19.0. The number of benzene rings is 2. The van der Waals surface area contributed by atoms with Crippen molar-refractivity contribution in [3.8, 4) is 0 Å². The molecule has 2 aliphatic carbocycles. The van der Waals surface area contributed by atoms with Crippen molar-refractivity contribution >= 4 is 16.0 Å². The fraction of sp³-hybridized carbons (Fsp3) is 0.381. The van der Waals surface area contributed by atoms with E-state index >= 15 is 0 Å². The topological polar surface area (TPSA) is 63.7 Å². The summed E-state index contributed by atoms with van der Waals surface area (Å²) in [6, 6.07) is 14.2. The predicted octanol–water partition coefficient (Wildman–Crippen LogP) is 3.70. The molecule has 0 bridgehead atoms. The highest BCUT2D eigenvalue weighted by molar-refractivity contribution is 7.89. The van der Waals surface area contributed by atoms with E-state index < -0.39 is 16.0 Å². The molecular weight excluding hydrogens is 362 g/mol. The molecule has 0 aliphatic heterocycles. The highest BCUT2D eigenvalue weighted by atomic mass is 32.2. The van der Waals surface area contributed by atoms with Crippen LogP contribution in [-0.2, 0) is 21.2 Å². The van der Waals surface area contributed by atoms with Gasteiger partial charge in [0.15, 0.2) is 0 Å². The van der Waals surface area contributed by atoms with Crippen LogP contribution in [0.1, 0.15) is 53.7 Å². The number of rotatable bonds is 6. The molecule has 0 aromatic heterocycles. The van der Waals surface area contributed by atoms with Crippen LogP contribution in [0.2, 0.25) is 0 Å². The lowest BCUT2D eigenvalue weighted by Gasteiger charge is -2.29. The number of ether oxygens (including phenoxy) is 1. The van der Waals surface area contributed by atoms with Gasteiger partial charge in [0.25, 0.3) is 0 Å². The van der Waals surface area contributed by atoms with E-state index in [0.717, 1.165) is 31.2 Å². The first-order valence-corrected chi connectivity index (χ1v) is 10.8. The smallest absolute Gasteiger partial charge is 0.338 e. The summed E-state index contributed by atoms with van der Waals surface area (Å²) in [5.74, 6) is -0.501. The number of carbonyl (C=O) groups excluding carboxylic acids is 1. The second-order valence-electron chi connectivity index (χ2n) is 7.07. The summed E-state index contributed by atoms with van der Waals surface area (Å²) in [4.78, 5) is 12.2. The molecule has 0 spiro atoms. The lowest BCUT2D eigenvalue weighted by atomic mass is 10.1. The zero-order valence-electron chi connectivity index (χ0n) is 15.3. The molecule has 0 radical (unpaired) electrons. The van der Waals surface area contributed by atoms with Crippen LogP contribution in [-0.4, -0.2) is 31.3 Å². The minimum absolute atomic E-state index is 0.0393. The average Bonchev–Trinajstić information content (AvgIpc) is 3.41. The molecule has 0 heterocycles. The van der Waals surface area contributed by atoms with Crippen LogP contribution in [0.25, 0.3) is 0 Å². The molecule has 1 saturated carbocycles. The van der Waals surface area contributed by atoms with Crippen molar-refractivity contribution in [1.29, 1.82) is 0 Å². The Bertz CT molecular complexity index is 966. The molecule has 27 heavy (non-hydrogen) atoms. The fourth-order valence-corrected chi connectivity index (χ4v) is 5.79. The molecule has 6 heteroatoms. The number of nitrogens with zero attached hydrogens (tertiary/aromatic N) is 1. The fourth-order valence-electron chi connectivity index (χ4n) is 3.87. The Morgan fingerprint density at radius 3 is 2.63 bits per heavy atom. The van der Waals surface area contributed by atoms with E-state index in [9.17, 15) is 13.2 Å². The van der Waals surface area contributed by atoms with Crippen LogP contribution >= 0.6 is 0 Å². The molecule has 1 fully saturated rings. The third-order valence-electron chi connectivity index (χ3n) is 5.24. The minimum Gasteiger partial charge on any atom is -0.462 e. The Hall–Kier alpha value is -2.18. The third-order valence-corrected chi connectivity index (χ3v) is 7.19. The van der Waals surface area contributed by atoms with Gasteiger partial charge in [0.1, 0.15) is 0 Å². The summed E-state index contributed by atoms with van der Waals surface area (Å²) in [6.07, 6.45) is 3.46. The van der Waals surface area contributed by atoms with Gasteiger partial charge in [-0.15, -0.1) is 0 Å². The van der Waals surface area contributed by atoms with Crippen molar-refractivity contribution in [3.05, 3.63) is 65.2 Å². The highest BCUT2D eigenvalue weighted by Gasteiger charge is 2.45. The van der Waals surface area contributed by atoms with Gasteiger partial charge in [-0.1, -0.05) is 30.3 Å². The predicted molar refractivity (Wildman–Crippen MR) is 102 cm³/mol. The van der Waals surface area contributed by atoms with Crippen LogP contribution in [0.3, 0.4) is 0 Å². The maximum Gasteiger partial charge on any atom is 0.338 e. The summed E-state index contributed by atoms with van der Waals surface area (Å²) in [5, 5.41) is 0. The summed E-state index contributed by atoms with van der Waals surface area (Å²) in [7, 11) is -3.71. The average molecular weight is 385 g/mol. The first-order valence-electron chi connectivity index (χ1n) is 9.41. The Balaban J connectivity index is 1.72. The molecule has 1 atom stereocenters. The van der Waals surface area contributed by atoms with Crippen molar-refractivity contribution in [2.45, 2.75) is 49.6 Å². The Morgan fingerprint density at radius 2 is 1.89 bits per heavy atom. The second-order valence-corrected chi connectivity index (χ2v) is 8.91. The molecule has 2 aromatic carbocycles. The zero-order valence-corrected chi connectivity index (χ0v) is 16.1. The molecule has 0 amide bonds. The molecular formula is C21H23NO4S. The number of sulfonamides is 1. The van der Waals surface area contributed by atoms with E-state index in [2.05, 4.69) is 6.07 Å². The maximum atomic E-state index is 13.5. The van der Waals surface area contributed by atoms with Gasteiger partial charge in [-0.3, -0.25) is 0 Å². The standard InChI is InChI=1S/C21H23NO4S/c1-2-26-21(23)16-7-5-8-18(14-16)27(24,25)22(17-11-12-17)20-13-10-15-6-3-4-9-19(15)20/h3-9,14,17,20H,2,10-13H2,1H3. The van der Waals surface area contributed by atoms with Gasteiger partial charge in [-0.2, -0.15) is 4.31 Å². The molecule has 0 N–H and O–H groups in total. The summed E-state index contributed by atoms with van der Waals surface area (Å²) < 4.78 is 33.7.